The Balaban J connectivity index is 1.56. The number of halogens is 2. The van der Waals surface area contributed by atoms with E-state index in [4.69, 9.17) is 5.11 Å². The monoisotopic (exact) mass is 338 g/mol. The third-order valence-corrected chi connectivity index (χ3v) is 4.52. The molecule has 0 aliphatic heterocycles. The minimum atomic E-state index is -1.12. The summed E-state index contributed by atoms with van der Waals surface area (Å²) < 4.78 is 26.6. The van der Waals surface area contributed by atoms with E-state index in [-0.39, 0.29) is 30.0 Å². The lowest BCUT2D eigenvalue weighted by molar-refractivity contribution is -0.122. The lowest BCUT2D eigenvalue weighted by Gasteiger charge is -2.04. The first-order chi connectivity index (χ1) is 11.0. The van der Waals surface area contributed by atoms with Crippen molar-refractivity contribution in [1.82, 2.24) is 10.3 Å². The minimum absolute atomic E-state index is 0.0584. The van der Waals surface area contributed by atoms with Gasteiger partial charge >= 0.3 is 5.97 Å². The van der Waals surface area contributed by atoms with E-state index < -0.39 is 17.6 Å². The third kappa shape index (κ3) is 3.37. The van der Waals surface area contributed by atoms with Crippen LogP contribution in [0.15, 0.2) is 23.6 Å². The average Bonchev–Trinajstić information content (AvgIpc) is 3.13. The molecule has 0 bridgehead atoms. The molecule has 1 aromatic carbocycles. The molecule has 1 saturated carbocycles. The molecule has 8 heteroatoms. The van der Waals surface area contributed by atoms with Gasteiger partial charge in [0.2, 0.25) is 5.91 Å². The van der Waals surface area contributed by atoms with Gasteiger partial charge in [-0.15, -0.1) is 11.3 Å². The highest BCUT2D eigenvalue weighted by Gasteiger charge is 2.45. The van der Waals surface area contributed by atoms with Crippen LogP contribution in [0.3, 0.4) is 0 Å². The van der Waals surface area contributed by atoms with Gasteiger partial charge in [-0.1, -0.05) is 6.07 Å². The van der Waals surface area contributed by atoms with Crippen LogP contribution in [0.4, 0.5) is 8.78 Å². The summed E-state index contributed by atoms with van der Waals surface area (Å²) >= 11 is 1.14. The van der Waals surface area contributed by atoms with E-state index in [0.717, 1.165) is 17.4 Å². The van der Waals surface area contributed by atoms with Gasteiger partial charge in [0.15, 0.2) is 5.69 Å². The summed E-state index contributed by atoms with van der Waals surface area (Å²) in [4.78, 5) is 26.6. The van der Waals surface area contributed by atoms with E-state index in [2.05, 4.69) is 10.3 Å². The lowest BCUT2D eigenvalue weighted by atomic mass is 10.1. The van der Waals surface area contributed by atoms with E-state index in [1.165, 1.54) is 17.5 Å². The van der Waals surface area contributed by atoms with Crippen molar-refractivity contribution in [1.29, 1.82) is 0 Å². The first-order valence-electron chi connectivity index (χ1n) is 6.86. The molecule has 120 valence electrons. The molecule has 0 radical (unpaired) electrons. The van der Waals surface area contributed by atoms with Gasteiger partial charge in [0.05, 0.1) is 6.54 Å². The van der Waals surface area contributed by atoms with E-state index in [9.17, 15) is 18.4 Å². The number of amides is 1. The maximum atomic E-state index is 13.7. The summed E-state index contributed by atoms with van der Waals surface area (Å²) in [5, 5.41) is 13.3. The summed E-state index contributed by atoms with van der Waals surface area (Å²) in [6, 6.07) is 3.35. The van der Waals surface area contributed by atoms with Crippen LogP contribution < -0.4 is 5.32 Å². The third-order valence-electron chi connectivity index (χ3n) is 3.67. The predicted molar refractivity (Wildman–Crippen MR) is 78.1 cm³/mol. The molecule has 1 heterocycles. The van der Waals surface area contributed by atoms with Crippen molar-refractivity contribution in [3.63, 3.8) is 0 Å². The zero-order chi connectivity index (χ0) is 16.6. The number of nitrogens with zero attached hydrogens (tertiary/aromatic N) is 1. The van der Waals surface area contributed by atoms with Gasteiger partial charge in [-0.2, -0.15) is 0 Å². The van der Waals surface area contributed by atoms with Gasteiger partial charge < -0.3 is 10.4 Å². The highest BCUT2D eigenvalue weighted by atomic mass is 32.1. The van der Waals surface area contributed by atoms with Crippen LogP contribution in [0.25, 0.3) is 0 Å². The number of carboxylic acids is 1. The number of thiazole rings is 1. The highest BCUT2D eigenvalue weighted by Crippen LogP contribution is 2.48. The van der Waals surface area contributed by atoms with Crippen LogP contribution in [0.2, 0.25) is 0 Å². The molecule has 3 rings (SSSR count). The molecule has 1 aliphatic rings. The molecule has 5 nitrogen and oxygen atoms in total. The van der Waals surface area contributed by atoms with E-state index in [1.54, 1.807) is 0 Å². The standard InChI is InChI=1S/C15H12F2N2O3S/c16-7-1-2-8(11(17)3-7)9-4-10(9)14(20)18-5-13-19-12(6-23-13)15(21)22/h1-3,6,9-10H,4-5H2,(H,18,20)(H,21,22)/t9-,10-/m0/s1. The van der Waals surface area contributed by atoms with Crippen molar-refractivity contribution in [3.8, 4) is 0 Å². The summed E-state index contributed by atoms with van der Waals surface area (Å²) in [6.45, 7) is 0.131. The molecule has 0 spiro atoms. The number of rotatable bonds is 5. The molecule has 1 amide bonds. The van der Waals surface area contributed by atoms with E-state index in [1.807, 2.05) is 0 Å². The average molecular weight is 338 g/mol. The predicted octanol–water partition coefficient (Wildman–Crippen LogP) is 2.54. The number of hydrogen-bond donors (Lipinski definition) is 2. The molecule has 23 heavy (non-hydrogen) atoms. The Kier molecular flexibility index (Phi) is 4.08. The van der Waals surface area contributed by atoms with Gasteiger partial charge in [-0.25, -0.2) is 18.6 Å². The first-order valence-corrected chi connectivity index (χ1v) is 7.74. The largest absolute Gasteiger partial charge is 0.476 e. The topological polar surface area (TPSA) is 79.3 Å². The van der Waals surface area contributed by atoms with E-state index in [0.29, 0.717) is 17.0 Å². The van der Waals surface area contributed by atoms with Gasteiger partial charge in [0.1, 0.15) is 16.6 Å². The number of carbonyl (C=O) groups excluding carboxylic acids is 1. The highest BCUT2D eigenvalue weighted by molar-refractivity contribution is 7.09. The Morgan fingerprint density at radius 2 is 2.17 bits per heavy atom. The Hall–Kier alpha value is -2.35. The van der Waals surface area contributed by atoms with Crippen LogP contribution in [0.5, 0.6) is 0 Å². The molecule has 1 aromatic heterocycles. The fourth-order valence-electron chi connectivity index (χ4n) is 2.41. The van der Waals surface area contributed by atoms with Crippen molar-refractivity contribution in [2.45, 2.75) is 18.9 Å². The minimum Gasteiger partial charge on any atom is -0.476 e. The SMILES string of the molecule is O=C(O)c1csc(CNC(=O)[C@H]2C[C@H]2c2ccc(F)cc2F)n1. The van der Waals surface area contributed by atoms with Gasteiger partial charge in [-0.3, -0.25) is 4.79 Å². The van der Waals surface area contributed by atoms with Crippen LogP contribution in [-0.2, 0) is 11.3 Å². The zero-order valence-electron chi connectivity index (χ0n) is 11.8. The van der Waals surface area contributed by atoms with Gasteiger partial charge in [0.25, 0.3) is 0 Å². The first kappa shape index (κ1) is 15.5. The van der Waals surface area contributed by atoms with Crippen molar-refractivity contribution in [2.75, 3.05) is 0 Å². The maximum Gasteiger partial charge on any atom is 0.355 e. The Morgan fingerprint density at radius 1 is 1.39 bits per heavy atom. The van der Waals surface area contributed by atoms with Crippen molar-refractivity contribution >= 4 is 23.2 Å². The zero-order valence-corrected chi connectivity index (χ0v) is 12.6. The molecule has 2 atom stereocenters. The van der Waals surface area contributed by atoms with Crippen LogP contribution in [0, 0.1) is 17.6 Å². The number of benzene rings is 1. The van der Waals surface area contributed by atoms with Gasteiger partial charge in [0, 0.05) is 17.4 Å². The van der Waals surface area contributed by atoms with Crippen molar-refractivity contribution < 1.29 is 23.5 Å². The number of aromatic nitrogens is 1. The molecule has 2 aromatic rings. The smallest absolute Gasteiger partial charge is 0.355 e. The number of nitrogens with one attached hydrogen (secondary N) is 1. The second kappa shape index (κ2) is 6.04. The Labute approximate surface area is 134 Å². The number of hydrogen-bond acceptors (Lipinski definition) is 4. The fourth-order valence-corrected chi connectivity index (χ4v) is 3.12. The van der Waals surface area contributed by atoms with E-state index >= 15 is 0 Å². The molecule has 2 N–H and O–H groups in total. The quantitative estimate of drug-likeness (QED) is 0.878. The second-order valence-corrected chi connectivity index (χ2v) is 6.21. The number of carbonyl (C=O) groups is 2. The molecule has 0 saturated heterocycles. The van der Waals surface area contributed by atoms with Crippen LogP contribution >= 0.6 is 11.3 Å². The van der Waals surface area contributed by atoms with Gasteiger partial charge in [-0.05, 0) is 24.0 Å². The lowest BCUT2D eigenvalue weighted by Crippen LogP contribution is -2.25. The van der Waals surface area contributed by atoms with Crippen LogP contribution in [-0.4, -0.2) is 22.0 Å². The molecule has 0 unspecified atom stereocenters. The van der Waals surface area contributed by atoms with Crippen LogP contribution in [0.1, 0.15) is 33.4 Å². The fraction of sp³-hybridized carbons (Fsp3) is 0.267. The molecular weight excluding hydrogens is 326 g/mol. The number of aromatic carboxylic acids is 1. The Bertz CT molecular complexity index is 778. The second-order valence-electron chi connectivity index (χ2n) is 5.26. The molecule has 1 fully saturated rings. The summed E-state index contributed by atoms with van der Waals surface area (Å²) in [5.41, 5.74) is 0.283. The summed E-state index contributed by atoms with van der Waals surface area (Å²) in [6.07, 6.45) is 0.507. The Morgan fingerprint density at radius 3 is 2.83 bits per heavy atom. The molecule has 1 aliphatic carbocycles. The van der Waals surface area contributed by atoms with Crippen molar-refractivity contribution in [3.05, 3.63) is 51.5 Å². The summed E-state index contributed by atoms with van der Waals surface area (Å²) in [7, 11) is 0. The van der Waals surface area contributed by atoms with Crippen molar-refractivity contribution in [2.24, 2.45) is 5.92 Å². The normalized spacial score (nSPS) is 19.4. The number of carboxylic acid groups (broad SMARTS) is 1. The molecular formula is C15H12F2N2O3S. The maximum absolute atomic E-state index is 13.7. The summed E-state index contributed by atoms with van der Waals surface area (Å²) in [5.74, 6) is -3.25.